The molecule has 0 aliphatic heterocycles. The lowest BCUT2D eigenvalue weighted by molar-refractivity contribution is -0.122. The van der Waals surface area contributed by atoms with Crippen molar-refractivity contribution in [3.8, 4) is 0 Å². The molecule has 7 nitrogen and oxygen atoms in total. The molecule has 0 radical (unpaired) electrons. The molecule has 1 aromatic heterocycles. The smallest absolute Gasteiger partial charge is 0.287 e. The van der Waals surface area contributed by atoms with E-state index < -0.39 is 5.91 Å². The topological polar surface area (TPSA) is 100 Å². The maximum Gasteiger partial charge on any atom is 0.287 e. The van der Waals surface area contributed by atoms with Crippen LogP contribution in [0.4, 0.5) is 0 Å². The first-order chi connectivity index (χ1) is 10.4. The van der Waals surface area contributed by atoms with Crippen LogP contribution >= 0.6 is 15.9 Å². The Morgan fingerprint density at radius 3 is 2.55 bits per heavy atom. The lowest BCUT2D eigenvalue weighted by atomic mass is 10.2. The van der Waals surface area contributed by atoms with E-state index >= 15 is 0 Å². The van der Waals surface area contributed by atoms with Gasteiger partial charge in [0.2, 0.25) is 11.8 Å². The van der Waals surface area contributed by atoms with Crippen LogP contribution < -0.4 is 16.0 Å². The molecule has 3 N–H and O–H groups in total. The maximum atomic E-state index is 11.6. The maximum absolute atomic E-state index is 11.6. The van der Waals surface area contributed by atoms with E-state index in [2.05, 4.69) is 31.9 Å². The van der Waals surface area contributed by atoms with Crippen molar-refractivity contribution < 1.29 is 18.8 Å². The average Bonchev–Trinajstić information content (AvgIpc) is 2.91. The number of rotatable bonds is 8. The largest absolute Gasteiger partial charge is 0.444 e. The molecule has 1 aromatic rings. The van der Waals surface area contributed by atoms with E-state index in [1.165, 1.54) is 6.07 Å². The molecular formula is C14H20BrN3O4. The van der Waals surface area contributed by atoms with E-state index in [0.29, 0.717) is 4.67 Å². The highest BCUT2D eigenvalue weighted by Crippen LogP contribution is 2.13. The number of nitrogens with one attached hydrogen (secondary N) is 3. The summed E-state index contributed by atoms with van der Waals surface area (Å²) in [5.74, 6) is -0.836. The van der Waals surface area contributed by atoms with Crippen LogP contribution in [0.3, 0.4) is 0 Å². The van der Waals surface area contributed by atoms with Gasteiger partial charge in [-0.1, -0.05) is 6.92 Å². The fourth-order valence-electron chi connectivity index (χ4n) is 1.51. The second kappa shape index (κ2) is 9.24. The first-order valence-corrected chi connectivity index (χ1v) is 7.81. The van der Waals surface area contributed by atoms with Gasteiger partial charge in [-0.15, -0.1) is 0 Å². The van der Waals surface area contributed by atoms with E-state index in [4.69, 9.17) is 4.42 Å². The number of hydrogen-bond acceptors (Lipinski definition) is 4. The second-order valence-electron chi connectivity index (χ2n) is 4.76. The minimum absolute atomic E-state index is 0.112. The number of carbonyl (C=O) groups is 3. The molecule has 8 heteroatoms. The molecule has 1 rings (SSSR count). The Bertz CT molecular complexity index is 530. The summed E-state index contributed by atoms with van der Waals surface area (Å²) in [6.07, 6.45) is 1.06. The number of carbonyl (C=O) groups excluding carboxylic acids is 3. The third-order valence-electron chi connectivity index (χ3n) is 2.90. The molecule has 0 spiro atoms. The zero-order chi connectivity index (χ0) is 16.5. The van der Waals surface area contributed by atoms with Crippen molar-refractivity contribution in [2.45, 2.75) is 32.7 Å². The van der Waals surface area contributed by atoms with E-state index in [1.807, 2.05) is 13.8 Å². The highest BCUT2D eigenvalue weighted by Gasteiger charge is 2.12. The summed E-state index contributed by atoms with van der Waals surface area (Å²) in [6, 6.07) is 3.21. The Labute approximate surface area is 137 Å². The van der Waals surface area contributed by atoms with Crippen molar-refractivity contribution in [3.63, 3.8) is 0 Å². The predicted molar refractivity (Wildman–Crippen MR) is 84.3 cm³/mol. The fraction of sp³-hybridized carbons (Fsp3) is 0.500. The summed E-state index contributed by atoms with van der Waals surface area (Å²) in [4.78, 5) is 34.7. The molecule has 0 saturated heterocycles. The van der Waals surface area contributed by atoms with Gasteiger partial charge in [-0.3, -0.25) is 14.4 Å². The van der Waals surface area contributed by atoms with Crippen molar-refractivity contribution in [1.29, 1.82) is 0 Å². The van der Waals surface area contributed by atoms with Crippen LogP contribution in [0, 0.1) is 0 Å². The van der Waals surface area contributed by atoms with E-state index in [0.717, 1.165) is 6.42 Å². The van der Waals surface area contributed by atoms with Gasteiger partial charge in [-0.2, -0.15) is 0 Å². The highest BCUT2D eigenvalue weighted by molar-refractivity contribution is 9.10. The fourth-order valence-corrected chi connectivity index (χ4v) is 1.82. The minimum atomic E-state index is -0.477. The molecule has 1 atom stereocenters. The second-order valence-corrected chi connectivity index (χ2v) is 5.54. The molecule has 22 heavy (non-hydrogen) atoms. The van der Waals surface area contributed by atoms with Crippen LogP contribution in [0.25, 0.3) is 0 Å². The first-order valence-electron chi connectivity index (χ1n) is 7.02. The number of halogens is 1. The normalized spacial score (nSPS) is 11.6. The van der Waals surface area contributed by atoms with Crippen molar-refractivity contribution in [3.05, 3.63) is 22.6 Å². The molecule has 0 aliphatic rings. The Morgan fingerprint density at radius 2 is 1.95 bits per heavy atom. The molecule has 0 saturated carbocycles. The van der Waals surface area contributed by atoms with E-state index in [1.54, 1.807) is 6.07 Å². The Hall–Kier alpha value is -1.83. The van der Waals surface area contributed by atoms with Gasteiger partial charge in [-0.05, 0) is 41.4 Å². The summed E-state index contributed by atoms with van der Waals surface area (Å²) >= 11 is 3.09. The monoisotopic (exact) mass is 373 g/mol. The van der Waals surface area contributed by atoms with Gasteiger partial charge < -0.3 is 20.4 Å². The summed E-state index contributed by atoms with van der Waals surface area (Å²) in [5.41, 5.74) is 0. The third-order valence-corrected chi connectivity index (χ3v) is 3.33. The van der Waals surface area contributed by atoms with Gasteiger partial charge in [0, 0.05) is 19.0 Å². The zero-order valence-corrected chi connectivity index (χ0v) is 14.2. The van der Waals surface area contributed by atoms with E-state index in [9.17, 15) is 14.4 Å². The molecule has 1 heterocycles. The van der Waals surface area contributed by atoms with Crippen LogP contribution in [-0.2, 0) is 9.59 Å². The van der Waals surface area contributed by atoms with Crippen molar-refractivity contribution >= 4 is 33.7 Å². The molecule has 122 valence electrons. The van der Waals surface area contributed by atoms with Crippen molar-refractivity contribution in [1.82, 2.24) is 16.0 Å². The van der Waals surface area contributed by atoms with Crippen molar-refractivity contribution in [2.24, 2.45) is 0 Å². The van der Waals surface area contributed by atoms with Crippen LogP contribution in [-0.4, -0.2) is 36.9 Å². The quantitative estimate of drug-likeness (QED) is 0.636. The molecule has 0 bridgehead atoms. The summed E-state index contributed by atoms with van der Waals surface area (Å²) in [6.45, 7) is 3.94. The van der Waals surface area contributed by atoms with Crippen LogP contribution in [0.2, 0.25) is 0 Å². The van der Waals surface area contributed by atoms with Gasteiger partial charge in [0.1, 0.15) is 0 Å². The first kappa shape index (κ1) is 18.2. The molecule has 3 amide bonds. The van der Waals surface area contributed by atoms with Gasteiger partial charge in [0.05, 0.1) is 6.54 Å². The molecule has 0 unspecified atom stereocenters. The standard InChI is InChI=1S/C14H20BrN3O4/c1-3-9(2)18-12(19)6-7-16-13(20)8-17-14(21)10-4-5-11(15)22-10/h4-5,9H,3,6-8H2,1-2H3,(H,16,20)(H,17,21)(H,18,19)/t9-/m1/s1. The Morgan fingerprint density at radius 1 is 1.23 bits per heavy atom. The van der Waals surface area contributed by atoms with Gasteiger partial charge in [-0.25, -0.2) is 0 Å². The van der Waals surface area contributed by atoms with Gasteiger partial charge in [0.15, 0.2) is 10.4 Å². The summed E-state index contributed by atoms with van der Waals surface area (Å²) in [7, 11) is 0. The van der Waals surface area contributed by atoms with E-state index in [-0.39, 0.29) is 43.1 Å². The average molecular weight is 374 g/mol. The number of amides is 3. The lowest BCUT2D eigenvalue weighted by Gasteiger charge is -2.11. The van der Waals surface area contributed by atoms with Crippen LogP contribution in [0.1, 0.15) is 37.2 Å². The molecule has 0 aromatic carbocycles. The summed E-state index contributed by atoms with van der Waals surface area (Å²) < 4.78 is 5.50. The molecule has 0 fully saturated rings. The predicted octanol–water partition coefficient (Wildman–Crippen LogP) is 1.19. The number of furan rings is 1. The Balaban J connectivity index is 2.18. The zero-order valence-electron chi connectivity index (χ0n) is 12.6. The minimum Gasteiger partial charge on any atom is -0.444 e. The lowest BCUT2D eigenvalue weighted by Crippen LogP contribution is -2.39. The van der Waals surface area contributed by atoms with Gasteiger partial charge in [0.25, 0.3) is 5.91 Å². The molecule has 0 aliphatic carbocycles. The van der Waals surface area contributed by atoms with Crippen LogP contribution in [0.15, 0.2) is 21.2 Å². The third kappa shape index (κ3) is 6.75. The highest BCUT2D eigenvalue weighted by atomic mass is 79.9. The SMILES string of the molecule is CC[C@@H](C)NC(=O)CCNC(=O)CNC(=O)c1ccc(Br)o1. The molecular weight excluding hydrogens is 354 g/mol. The van der Waals surface area contributed by atoms with Crippen LogP contribution in [0.5, 0.6) is 0 Å². The van der Waals surface area contributed by atoms with Gasteiger partial charge >= 0.3 is 0 Å². The Kier molecular flexibility index (Phi) is 7.65. The summed E-state index contributed by atoms with van der Waals surface area (Å²) in [5, 5.41) is 7.79. The van der Waals surface area contributed by atoms with Crippen molar-refractivity contribution in [2.75, 3.05) is 13.1 Å². The number of hydrogen-bond donors (Lipinski definition) is 3.